The van der Waals surface area contributed by atoms with Gasteiger partial charge in [-0.05, 0) is 25.7 Å². The van der Waals surface area contributed by atoms with Gasteiger partial charge in [-0.25, -0.2) is 0 Å². The predicted molar refractivity (Wildman–Crippen MR) is 49.6 cm³/mol. The van der Waals surface area contributed by atoms with Crippen molar-refractivity contribution >= 4 is 0 Å². The van der Waals surface area contributed by atoms with Crippen molar-refractivity contribution in [2.75, 3.05) is 0 Å². The van der Waals surface area contributed by atoms with Crippen molar-refractivity contribution in [3.63, 3.8) is 0 Å². The van der Waals surface area contributed by atoms with Gasteiger partial charge in [-0.1, -0.05) is 19.4 Å². The molecule has 0 bridgehead atoms. The average Bonchev–Trinajstić information content (AvgIpc) is 2.66. The number of allylic oxidation sites excluding steroid dienone is 1. The van der Waals surface area contributed by atoms with E-state index in [9.17, 15) is 0 Å². The molecule has 3 atom stereocenters. The Morgan fingerprint density at radius 3 is 2.64 bits per heavy atom. The van der Waals surface area contributed by atoms with Gasteiger partial charge < -0.3 is 5.32 Å². The molecule has 1 aliphatic rings. The van der Waals surface area contributed by atoms with Crippen LogP contribution in [0.15, 0.2) is 12.7 Å². The Kier molecular flexibility index (Phi) is 3.13. The molecule has 3 unspecified atom stereocenters. The van der Waals surface area contributed by atoms with Crippen LogP contribution in [0, 0.1) is 5.92 Å². The molecule has 0 aliphatic carbocycles. The lowest BCUT2D eigenvalue weighted by Gasteiger charge is -2.10. The van der Waals surface area contributed by atoms with E-state index in [0.717, 1.165) is 18.0 Å². The summed E-state index contributed by atoms with van der Waals surface area (Å²) in [5.74, 6) is 0.856. The molecule has 1 heteroatoms. The van der Waals surface area contributed by atoms with Crippen molar-refractivity contribution in [3.05, 3.63) is 12.7 Å². The highest BCUT2D eigenvalue weighted by atomic mass is 15.1. The van der Waals surface area contributed by atoms with E-state index in [1.54, 1.807) is 0 Å². The van der Waals surface area contributed by atoms with Crippen molar-refractivity contribution in [3.8, 4) is 0 Å². The molecular weight excluding hydrogens is 134 g/mol. The van der Waals surface area contributed by atoms with Gasteiger partial charge in [0.15, 0.2) is 0 Å². The maximum atomic E-state index is 3.77. The zero-order valence-electron chi connectivity index (χ0n) is 7.64. The highest BCUT2D eigenvalue weighted by Crippen LogP contribution is 2.23. The zero-order chi connectivity index (χ0) is 8.27. The van der Waals surface area contributed by atoms with Gasteiger partial charge in [0.05, 0.1) is 0 Å². The second-order valence-corrected chi connectivity index (χ2v) is 3.60. The number of hydrogen-bond donors (Lipinski definition) is 1. The minimum Gasteiger partial charge on any atom is -0.308 e. The van der Waals surface area contributed by atoms with Crippen LogP contribution in [0.25, 0.3) is 0 Å². The Balaban J connectivity index is 2.15. The molecule has 64 valence electrons. The molecule has 0 saturated carbocycles. The van der Waals surface area contributed by atoms with E-state index in [1.165, 1.54) is 19.3 Å². The van der Waals surface area contributed by atoms with Crippen LogP contribution < -0.4 is 5.32 Å². The third-order valence-electron chi connectivity index (χ3n) is 2.64. The Hall–Kier alpha value is -0.300. The monoisotopic (exact) mass is 153 g/mol. The van der Waals surface area contributed by atoms with E-state index in [2.05, 4.69) is 25.7 Å². The van der Waals surface area contributed by atoms with Crippen molar-refractivity contribution in [1.82, 2.24) is 5.32 Å². The van der Waals surface area contributed by atoms with Crippen LogP contribution in [0.1, 0.15) is 33.1 Å². The van der Waals surface area contributed by atoms with Crippen LogP contribution in [-0.2, 0) is 0 Å². The fourth-order valence-corrected chi connectivity index (χ4v) is 1.58. The summed E-state index contributed by atoms with van der Waals surface area (Å²) < 4.78 is 0. The fraction of sp³-hybridized carbons (Fsp3) is 0.800. The lowest BCUT2D eigenvalue weighted by molar-refractivity contribution is 0.470. The van der Waals surface area contributed by atoms with E-state index in [1.807, 2.05) is 6.08 Å². The summed E-state index contributed by atoms with van der Waals surface area (Å²) in [4.78, 5) is 0. The van der Waals surface area contributed by atoms with Crippen molar-refractivity contribution in [2.24, 2.45) is 5.92 Å². The first kappa shape index (κ1) is 8.79. The molecule has 1 N–H and O–H groups in total. The number of hydrogen-bond acceptors (Lipinski definition) is 1. The van der Waals surface area contributed by atoms with E-state index >= 15 is 0 Å². The van der Waals surface area contributed by atoms with E-state index in [4.69, 9.17) is 0 Å². The Morgan fingerprint density at radius 1 is 1.64 bits per heavy atom. The molecule has 0 radical (unpaired) electrons. The number of nitrogens with one attached hydrogen (secondary N) is 1. The van der Waals surface area contributed by atoms with Gasteiger partial charge in [-0.3, -0.25) is 0 Å². The first-order chi connectivity index (χ1) is 5.27. The fourth-order valence-electron chi connectivity index (χ4n) is 1.58. The van der Waals surface area contributed by atoms with Crippen LogP contribution in [0.3, 0.4) is 0 Å². The molecule has 1 saturated heterocycles. The topological polar surface area (TPSA) is 21.9 Å². The molecule has 11 heavy (non-hydrogen) atoms. The predicted octanol–water partition coefficient (Wildman–Crippen LogP) is 2.34. The lowest BCUT2D eigenvalue weighted by atomic mass is 9.96. The smallest absolute Gasteiger partial charge is 0.0224 e. The second-order valence-electron chi connectivity index (χ2n) is 3.60. The first-order valence-electron chi connectivity index (χ1n) is 4.64. The molecule has 1 aliphatic heterocycles. The second kappa shape index (κ2) is 3.91. The maximum absolute atomic E-state index is 3.77. The molecule has 1 nitrogen and oxygen atoms in total. The Morgan fingerprint density at radius 2 is 2.27 bits per heavy atom. The molecule has 0 aromatic carbocycles. The summed E-state index contributed by atoms with van der Waals surface area (Å²) in [6.07, 6.45) is 5.85. The summed E-state index contributed by atoms with van der Waals surface area (Å²) in [6, 6.07) is 1.58. The average molecular weight is 153 g/mol. The van der Waals surface area contributed by atoms with Gasteiger partial charge in [-0.15, -0.1) is 6.58 Å². The van der Waals surface area contributed by atoms with E-state index in [0.29, 0.717) is 0 Å². The molecule has 0 aromatic heterocycles. The van der Waals surface area contributed by atoms with Gasteiger partial charge >= 0.3 is 0 Å². The van der Waals surface area contributed by atoms with Crippen LogP contribution >= 0.6 is 0 Å². The standard InChI is InChI=1S/C10H19N/c1-4-6-9(5-2)7-10-8(3)11-10/h4,8-11H,1,5-7H2,2-3H3. The quantitative estimate of drug-likeness (QED) is 0.475. The van der Waals surface area contributed by atoms with E-state index < -0.39 is 0 Å². The summed E-state index contributed by atoms with van der Waals surface area (Å²) in [5.41, 5.74) is 0. The molecule has 0 amide bonds. The third kappa shape index (κ3) is 2.66. The Labute approximate surface area is 69.9 Å². The van der Waals surface area contributed by atoms with Gasteiger partial charge in [0, 0.05) is 12.1 Å². The summed E-state index contributed by atoms with van der Waals surface area (Å²) in [6.45, 7) is 8.30. The molecule has 1 heterocycles. The molecule has 1 rings (SSSR count). The minimum absolute atomic E-state index is 0.772. The largest absolute Gasteiger partial charge is 0.308 e. The van der Waals surface area contributed by atoms with Crippen molar-refractivity contribution < 1.29 is 0 Å². The lowest BCUT2D eigenvalue weighted by Crippen LogP contribution is -2.04. The number of rotatable bonds is 5. The third-order valence-corrected chi connectivity index (χ3v) is 2.64. The summed E-state index contributed by atoms with van der Waals surface area (Å²) in [7, 11) is 0. The summed E-state index contributed by atoms with van der Waals surface area (Å²) in [5, 5.41) is 3.42. The van der Waals surface area contributed by atoms with Crippen LogP contribution in [0.5, 0.6) is 0 Å². The first-order valence-corrected chi connectivity index (χ1v) is 4.64. The van der Waals surface area contributed by atoms with Gasteiger partial charge in [0.1, 0.15) is 0 Å². The molecule has 0 spiro atoms. The minimum atomic E-state index is 0.772. The van der Waals surface area contributed by atoms with Crippen molar-refractivity contribution in [2.45, 2.75) is 45.2 Å². The zero-order valence-corrected chi connectivity index (χ0v) is 7.64. The normalized spacial score (nSPS) is 31.5. The van der Waals surface area contributed by atoms with Crippen LogP contribution in [0.4, 0.5) is 0 Å². The summed E-state index contributed by atoms with van der Waals surface area (Å²) >= 11 is 0. The van der Waals surface area contributed by atoms with Crippen molar-refractivity contribution in [1.29, 1.82) is 0 Å². The molecular formula is C10H19N. The van der Waals surface area contributed by atoms with Gasteiger partial charge in [-0.2, -0.15) is 0 Å². The Bertz CT molecular complexity index is 131. The molecule has 1 fully saturated rings. The highest BCUT2D eigenvalue weighted by molar-refractivity contribution is 4.95. The van der Waals surface area contributed by atoms with E-state index in [-0.39, 0.29) is 0 Å². The highest BCUT2D eigenvalue weighted by Gasteiger charge is 2.32. The van der Waals surface area contributed by atoms with Gasteiger partial charge in [0.25, 0.3) is 0 Å². The maximum Gasteiger partial charge on any atom is 0.0224 e. The molecule has 0 aromatic rings. The van der Waals surface area contributed by atoms with Crippen LogP contribution in [0.2, 0.25) is 0 Å². The van der Waals surface area contributed by atoms with Gasteiger partial charge in [0.2, 0.25) is 0 Å². The SMILES string of the molecule is C=CCC(CC)CC1NC1C. The van der Waals surface area contributed by atoms with Crippen LogP contribution in [-0.4, -0.2) is 12.1 Å².